The first-order valence-electron chi connectivity index (χ1n) is 3.18. The number of hydrogen-bond acceptors (Lipinski definition) is 3. The number of aromatic hydroxyl groups is 1. The molecular weight excluding hydrogens is 226 g/mol. The normalized spacial score (nSPS) is 10.8. The molecule has 0 saturated heterocycles. The molecule has 4 nitrogen and oxygen atoms in total. The van der Waals surface area contributed by atoms with Gasteiger partial charge >= 0.3 is 5.76 Å². The van der Waals surface area contributed by atoms with Crippen molar-refractivity contribution in [1.82, 2.24) is 4.98 Å². The van der Waals surface area contributed by atoms with Crippen molar-refractivity contribution in [3.8, 4) is 5.75 Å². The maximum atomic E-state index is 10.7. The van der Waals surface area contributed by atoms with Crippen LogP contribution in [0, 0.1) is 0 Å². The van der Waals surface area contributed by atoms with Crippen LogP contribution >= 0.6 is 15.9 Å². The van der Waals surface area contributed by atoms with Crippen LogP contribution in [-0.4, -0.2) is 10.1 Å². The highest BCUT2D eigenvalue weighted by Gasteiger charge is 2.06. The molecule has 0 saturated carbocycles. The van der Waals surface area contributed by atoms with Crippen molar-refractivity contribution in [1.29, 1.82) is 0 Å². The molecule has 0 aliphatic heterocycles. The number of phenolic OH excluding ortho intramolecular Hbond substituents is 1. The summed E-state index contributed by atoms with van der Waals surface area (Å²) >= 11 is 3.17. The molecule has 0 aliphatic carbocycles. The highest BCUT2D eigenvalue weighted by atomic mass is 79.9. The van der Waals surface area contributed by atoms with Crippen molar-refractivity contribution in [3.63, 3.8) is 0 Å². The first-order chi connectivity index (χ1) is 5.66. The lowest BCUT2D eigenvalue weighted by molar-refractivity contribution is 0.458. The molecule has 1 aromatic carbocycles. The van der Waals surface area contributed by atoms with Crippen molar-refractivity contribution >= 4 is 27.0 Å². The summed E-state index contributed by atoms with van der Waals surface area (Å²) in [5.74, 6) is -0.629. The number of halogens is 1. The van der Waals surface area contributed by atoms with E-state index in [0.717, 1.165) is 0 Å². The molecule has 0 unspecified atom stereocenters. The minimum absolute atomic E-state index is 0.0577. The highest BCUT2D eigenvalue weighted by molar-refractivity contribution is 9.10. The van der Waals surface area contributed by atoms with Gasteiger partial charge in [0.1, 0.15) is 0 Å². The Labute approximate surface area is 75.0 Å². The Hall–Kier alpha value is -1.23. The van der Waals surface area contributed by atoms with Gasteiger partial charge in [-0.1, -0.05) is 15.9 Å². The van der Waals surface area contributed by atoms with Crippen LogP contribution in [0.15, 0.2) is 25.8 Å². The third-order valence-electron chi connectivity index (χ3n) is 1.47. The van der Waals surface area contributed by atoms with E-state index < -0.39 is 5.76 Å². The summed E-state index contributed by atoms with van der Waals surface area (Å²) in [4.78, 5) is 13.1. The van der Waals surface area contributed by atoms with Gasteiger partial charge in [0.05, 0.1) is 5.52 Å². The standard InChI is InChI=1S/C7H4BrNO3/c8-3-1-4-6(5(10)2-3)12-7(11)9-4/h1-2,10H,(H,9,11). The van der Waals surface area contributed by atoms with Crippen molar-refractivity contribution in [2.45, 2.75) is 0 Å². The van der Waals surface area contributed by atoms with Crippen molar-refractivity contribution in [2.75, 3.05) is 0 Å². The van der Waals surface area contributed by atoms with E-state index in [0.29, 0.717) is 9.99 Å². The molecule has 5 heteroatoms. The van der Waals surface area contributed by atoms with E-state index in [2.05, 4.69) is 25.3 Å². The fourth-order valence-electron chi connectivity index (χ4n) is 1.01. The first-order valence-corrected chi connectivity index (χ1v) is 3.97. The van der Waals surface area contributed by atoms with E-state index in [-0.39, 0.29) is 11.3 Å². The maximum Gasteiger partial charge on any atom is 0.417 e. The summed E-state index contributed by atoms with van der Waals surface area (Å²) in [5, 5.41) is 9.28. The quantitative estimate of drug-likeness (QED) is 0.722. The van der Waals surface area contributed by atoms with Gasteiger partial charge in [0, 0.05) is 4.47 Å². The van der Waals surface area contributed by atoms with Crippen LogP contribution in [-0.2, 0) is 0 Å². The Morgan fingerprint density at radius 3 is 3.00 bits per heavy atom. The third kappa shape index (κ3) is 1.02. The van der Waals surface area contributed by atoms with Gasteiger partial charge in [-0.15, -0.1) is 0 Å². The molecule has 1 aromatic heterocycles. The van der Waals surface area contributed by atoms with E-state index >= 15 is 0 Å². The van der Waals surface area contributed by atoms with Crippen molar-refractivity contribution < 1.29 is 9.52 Å². The second kappa shape index (κ2) is 2.38. The first kappa shape index (κ1) is 7.42. The van der Waals surface area contributed by atoms with Gasteiger partial charge < -0.3 is 9.52 Å². The predicted octanol–water partition coefficient (Wildman–Crippen LogP) is 1.59. The lowest BCUT2D eigenvalue weighted by Crippen LogP contribution is -1.92. The summed E-state index contributed by atoms with van der Waals surface area (Å²) in [6.07, 6.45) is 0. The van der Waals surface area contributed by atoms with Crippen LogP contribution in [0.5, 0.6) is 5.75 Å². The van der Waals surface area contributed by atoms with Gasteiger partial charge in [0.25, 0.3) is 0 Å². The molecule has 2 N–H and O–H groups in total. The summed E-state index contributed by atoms with van der Waals surface area (Å²) in [7, 11) is 0. The fourth-order valence-corrected chi connectivity index (χ4v) is 1.45. The topological polar surface area (TPSA) is 66.2 Å². The number of fused-ring (bicyclic) bond motifs is 1. The summed E-state index contributed by atoms with van der Waals surface area (Å²) in [5.41, 5.74) is 0.662. The zero-order chi connectivity index (χ0) is 8.72. The Kier molecular flexibility index (Phi) is 1.47. The second-order valence-electron chi connectivity index (χ2n) is 2.32. The van der Waals surface area contributed by atoms with Crippen LogP contribution in [0.4, 0.5) is 0 Å². The average Bonchev–Trinajstić information content (AvgIpc) is 2.29. The molecular formula is C7H4BrNO3. The molecule has 0 radical (unpaired) electrons. The second-order valence-corrected chi connectivity index (χ2v) is 3.23. The molecule has 1 heterocycles. The van der Waals surface area contributed by atoms with Crippen LogP contribution < -0.4 is 5.76 Å². The maximum absolute atomic E-state index is 10.7. The smallest absolute Gasteiger partial charge is 0.417 e. The van der Waals surface area contributed by atoms with E-state index in [9.17, 15) is 9.90 Å². The SMILES string of the molecule is O=c1[nH]c2cc(Br)cc(O)c2o1. The summed E-state index contributed by atoms with van der Waals surface area (Å²) in [6.45, 7) is 0. The Morgan fingerprint density at radius 1 is 1.50 bits per heavy atom. The number of H-pyrrole nitrogens is 1. The van der Waals surface area contributed by atoms with Gasteiger partial charge in [-0.05, 0) is 12.1 Å². The molecule has 2 rings (SSSR count). The Morgan fingerprint density at radius 2 is 2.25 bits per heavy atom. The molecule has 0 aliphatic rings. The van der Waals surface area contributed by atoms with Gasteiger partial charge in [-0.25, -0.2) is 4.79 Å². The third-order valence-corrected chi connectivity index (χ3v) is 1.92. The fraction of sp³-hybridized carbons (Fsp3) is 0. The molecule has 12 heavy (non-hydrogen) atoms. The van der Waals surface area contributed by atoms with E-state index in [1.165, 1.54) is 6.07 Å². The van der Waals surface area contributed by atoms with Crippen LogP contribution in [0.1, 0.15) is 0 Å². The molecule has 2 aromatic rings. The van der Waals surface area contributed by atoms with E-state index in [4.69, 9.17) is 0 Å². The van der Waals surface area contributed by atoms with E-state index in [1.54, 1.807) is 6.07 Å². The zero-order valence-electron chi connectivity index (χ0n) is 5.80. The lowest BCUT2D eigenvalue weighted by Gasteiger charge is -1.92. The largest absolute Gasteiger partial charge is 0.504 e. The number of rotatable bonds is 0. The van der Waals surface area contributed by atoms with Crippen LogP contribution in [0.2, 0.25) is 0 Å². The molecule has 0 amide bonds. The van der Waals surface area contributed by atoms with Crippen molar-refractivity contribution in [2.24, 2.45) is 0 Å². The highest BCUT2D eigenvalue weighted by Crippen LogP contribution is 2.26. The number of oxazole rings is 1. The van der Waals surface area contributed by atoms with Crippen LogP contribution in [0.25, 0.3) is 11.1 Å². The monoisotopic (exact) mass is 229 g/mol. The molecule has 0 atom stereocenters. The Bertz CT molecular complexity index is 485. The number of phenols is 1. The van der Waals surface area contributed by atoms with Gasteiger partial charge in [0.2, 0.25) is 0 Å². The lowest BCUT2D eigenvalue weighted by atomic mass is 10.3. The minimum Gasteiger partial charge on any atom is -0.504 e. The van der Waals surface area contributed by atoms with Crippen molar-refractivity contribution in [3.05, 3.63) is 27.2 Å². The number of nitrogens with one attached hydrogen (secondary N) is 1. The number of aromatic nitrogens is 1. The number of aromatic amines is 1. The zero-order valence-corrected chi connectivity index (χ0v) is 7.38. The van der Waals surface area contributed by atoms with Gasteiger partial charge in [0.15, 0.2) is 11.3 Å². The number of hydrogen-bond donors (Lipinski definition) is 2. The predicted molar refractivity (Wildman–Crippen MR) is 46.2 cm³/mol. The minimum atomic E-state index is -0.571. The molecule has 0 bridgehead atoms. The molecule has 62 valence electrons. The summed E-state index contributed by atoms with van der Waals surface area (Å²) in [6, 6.07) is 3.11. The Balaban J connectivity index is 2.97. The average molecular weight is 230 g/mol. The molecule has 0 spiro atoms. The number of benzene rings is 1. The van der Waals surface area contributed by atoms with Gasteiger partial charge in [-0.3, -0.25) is 4.98 Å². The molecule has 0 fully saturated rings. The summed E-state index contributed by atoms with van der Waals surface area (Å²) < 4.78 is 5.36. The van der Waals surface area contributed by atoms with Gasteiger partial charge in [-0.2, -0.15) is 0 Å². The van der Waals surface area contributed by atoms with E-state index in [1.807, 2.05) is 0 Å². The van der Waals surface area contributed by atoms with Crippen LogP contribution in [0.3, 0.4) is 0 Å².